The largest absolute Gasteiger partial charge is 0.366 e. The molecule has 0 radical (unpaired) electrons. The Bertz CT molecular complexity index is 626. The summed E-state index contributed by atoms with van der Waals surface area (Å²) in [5.74, 6) is 1.18. The predicted octanol–water partition coefficient (Wildman–Crippen LogP) is 2.71. The van der Waals surface area contributed by atoms with Crippen LogP contribution in [0.15, 0.2) is 30.5 Å². The molecular weight excluding hydrogens is 288 g/mol. The minimum absolute atomic E-state index is 0.213. The second kappa shape index (κ2) is 7.28. The lowest BCUT2D eigenvalue weighted by Gasteiger charge is -2.33. The van der Waals surface area contributed by atoms with E-state index in [1.807, 2.05) is 17.1 Å². The van der Waals surface area contributed by atoms with E-state index in [9.17, 15) is 10.1 Å². The molecule has 2 heterocycles. The van der Waals surface area contributed by atoms with Crippen LogP contribution in [0.4, 0.5) is 5.82 Å². The maximum atomic E-state index is 12.4. The number of rotatable bonds is 4. The zero-order valence-electron chi connectivity index (χ0n) is 13.2. The maximum absolute atomic E-state index is 12.4. The summed E-state index contributed by atoms with van der Waals surface area (Å²) >= 11 is 0. The maximum Gasteiger partial charge on any atom is 0.223 e. The summed E-state index contributed by atoms with van der Waals surface area (Å²) in [7, 11) is 0. The molecule has 1 saturated carbocycles. The van der Waals surface area contributed by atoms with Crippen LogP contribution in [-0.4, -0.2) is 34.9 Å². The lowest BCUT2D eigenvalue weighted by atomic mass is 9.82. The van der Waals surface area contributed by atoms with Gasteiger partial charge in [-0.15, -0.1) is 0 Å². The molecule has 2 aliphatic rings. The molecule has 0 bridgehead atoms. The van der Waals surface area contributed by atoms with E-state index in [2.05, 4.69) is 16.4 Å². The smallest absolute Gasteiger partial charge is 0.223 e. The Balaban J connectivity index is 1.66. The van der Waals surface area contributed by atoms with E-state index in [0.717, 1.165) is 32.4 Å². The van der Waals surface area contributed by atoms with Crippen molar-refractivity contribution >= 4 is 11.7 Å². The molecule has 23 heavy (non-hydrogen) atoms. The van der Waals surface area contributed by atoms with Crippen LogP contribution in [0.1, 0.15) is 37.7 Å². The molecule has 2 atom stereocenters. The lowest BCUT2D eigenvalue weighted by molar-refractivity contribution is -0.131. The van der Waals surface area contributed by atoms with Crippen LogP contribution >= 0.6 is 0 Å². The molecule has 1 aromatic rings. The van der Waals surface area contributed by atoms with E-state index in [4.69, 9.17) is 0 Å². The van der Waals surface area contributed by atoms with E-state index >= 15 is 0 Å². The molecule has 1 aliphatic heterocycles. The van der Waals surface area contributed by atoms with E-state index in [-0.39, 0.29) is 11.9 Å². The number of nitriles is 1. The molecule has 5 heteroatoms. The molecule has 0 aromatic carbocycles. The van der Waals surface area contributed by atoms with E-state index in [1.54, 1.807) is 18.3 Å². The summed E-state index contributed by atoms with van der Waals surface area (Å²) in [5, 5.41) is 12.6. The number of carbonyl (C=O) groups excluding carboxylic acids is 1. The van der Waals surface area contributed by atoms with Gasteiger partial charge in [-0.05, 0) is 30.9 Å². The fourth-order valence-corrected chi connectivity index (χ4v) is 3.46. The molecule has 1 aromatic heterocycles. The standard InChI is InChI=1S/C18H22N4O/c19-13-15-7-5-9-20-18(15)21-16-8-2-1-6-14(16)12-17(23)22-10-3-4-11-22/h3-5,7,9,14,16H,1-2,6,8,10-12H2,(H,20,21)/t14-,16-/m0/s1. The molecule has 0 spiro atoms. The van der Waals surface area contributed by atoms with Crippen molar-refractivity contribution in [3.8, 4) is 6.07 Å². The minimum Gasteiger partial charge on any atom is -0.366 e. The van der Waals surface area contributed by atoms with Crippen molar-refractivity contribution in [1.29, 1.82) is 5.26 Å². The van der Waals surface area contributed by atoms with Crippen molar-refractivity contribution < 1.29 is 4.79 Å². The van der Waals surface area contributed by atoms with Gasteiger partial charge >= 0.3 is 0 Å². The first-order valence-corrected chi connectivity index (χ1v) is 8.32. The molecule has 1 N–H and O–H groups in total. The van der Waals surface area contributed by atoms with Crippen LogP contribution < -0.4 is 5.32 Å². The number of pyridine rings is 1. The van der Waals surface area contributed by atoms with E-state index < -0.39 is 0 Å². The summed E-state index contributed by atoms with van der Waals surface area (Å²) in [5.41, 5.74) is 0.562. The molecule has 0 saturated heterocycles. The molecule has 3 rings (SSSR count). The second-order valence-corrected chi connectivity index (χ2v) is 6.28. The monoisotopic (exact) mass is 310 g/mol. The van der Waals surface area contributed by atoms with Gasteiger partial charge < -0.3 is 10.2 Å². The van der Waals surface area contributed by atoms with Gasteiger partial charge in [-0.2, -0.15) is 5.26 Å². The fraction of sp³-hybridized carbons (Fsp3) is 0.500. The molecule has 1 aliphatic carbocycles. The molecule has 0 unspecified atom stereocenters. The number of hydrogen-bond donors (Lipinski definition) is 1. The average molecular weight is 310 g/mol. The summed E-state index contributed by atoms with van der Waals surface area (Å²) in [6.45, 7) is 1.48. The number of nitrogens with zero attached hydrogens (tertiary/aromatic N) is 3. The summed E-state index contributed by atoms with van der Waals surface area (Å²) in [4.78, 5) is 18.6. The molecular formula is C18H22N4O. The van der Waals surface area contributed by atoms with Crippen molar-refractivity contribution in [2.24, 2.45) is 5.92 Å². The molecule has 1 fully saturated rings. The van der Waals surface area contributed by atoms with Crippen LogP contribution in [0.5, 0.6) is 0 Å². The van der Waals surface area contributed by atoms with Gasteiger partial charge in [-0.1, -0.05) is 25.0 Å². The predicted molar refractivity (Wildman–Crippen MR) is 88.7 cm³/mol. The Labute approximate surface area is 137 Å². The topological polar surface area (TPSA) is 69.0 Å². The Hall–Kier alpha value is -2.35. The quantitative estimate of drug-likeness (QED) is 0.868. The summed E-state index contributed by atoms with van der Waals surface area (Å²) < 4.78 is 0. The first-order valence-electron chi connectivity index (χ1n) is 8.32. The Morgan fingerprint density at radius 2 is 2.13 bits per heavy atom. The molecule has 5 nitrogen and oxygen atoms in total. The van der Waals surface area contributed by atoms with Gasteiger partial charge in [0.05, 0.1) is 5.56 Å². The SMILES string of the molecule is N#Cc1cccnc1N[C@H]1CCCC[C@H]1CC(=O)N1CC=CC1. The van der Waals surface area contributed by atoms with Crippen molar-refractivity contribution in [2.45, 2.75) is 38.1 Å². The van der Waals surface area contributed by atoms with E-state index in [1.165, 1.54) is 6.42 Å². The highest BCUT2D eigenvalue weighted by Crippen LogP contribution is 2.30. The Morgan fingerprint density at radius 1 is 1.35 bits per heavy atom. The van der Waals surface area contributed by atoms with Gasteiger partial charge in [0.25, 0.3) is 0 Å². The van der Waals surface area contributed by atoms with Crippen molar-refractivity contribution in [3.63, 3.8) is 0 Å². The third-order valence-electron chi connectivity index (χ3n) is 4.77. The first-order chi connectivity index (χ1) is 11.3. The molecule has 1 amide bonds. The third kappa shape index (κ3) is 3.70. The lowest BCUT2D eigenvalue weighted by Crippen LogP contribution is -2.38. The number of anilines is 1. The van der Waals surface area contributed by atoms with Crippen LogP contribution in [0.3, 0.4) is 0 Å². The van der Waals surface area contributed by atoms with Gasteiger partial charge in [0.1, 0.15) is 11.9 Å². The zero-order valence-corrected chi connectivity index (χ0v) is 13.2. The number of amides is 1. The van der Waals surface area contributed by atoms with Gasteiger partial charge in [0, 0.05) is 31.7 Å². The fourth-order valence-electron chi connectivity index (χ4n) is 3.46. The summed E-state index contributed by atoms with van der Waals surface area (Å²) in [6, 6.07) is 5.93. The zero-order chi connectivity index (χ0) is 16.1. The highest BCUT2D eigenvalue weighted by Gasteiger charge is 2.29. The minimum atomic E-state index is 0.213. The summed E-state index contributed by atoms with van der Waals surface area (Å²) in [6.07, 6.45) is 10.8. The van der Waals surface area contributed by atoms with Crippen LogP contribution in [0.2, 0.25) is 0 Å². The Morgan fingerprint density at radius 3 is 2.91 bits per heavy atom. The van der Waals surface area contributed by atoms with Crippen molar-refractivity contribution in [1.82, 2.24) is 9.88 Å². The highest BCUT2D eigenvalue weighted by atomic mass is 16.2. The highest BCUT2D eigenvalue weighted by molar-refractivity contribution is 5.77. The van der Waals surface area contributed by atoms with Crippen molar-refractivity contribution in [2.75, 3.05) is 18.4 Å². The average Bonchev–Trinajstić information content (AvgIpc) is 3.12. The number of hydrogen-bond acceptors (Lipinski definition) is 4. The third-order valence-corrected chi connectivity index (χ3v) is 4.77. The van der Waals surface area contributed by atoms with Crippen LogP contribution in [0, 0.1) is 17.2 Å². The van der Waals surface area contributed by atoms with Crippen molar-refractivity contribution in [3.05, 3.63) is 36.0 Å². The first kappa shape index (κ1) is 15.5. The normalized spacial score (nSPS) is 23.5. The van der Waals surface area contributed by atoms with Gasteiger partial charge in [-0.25, -0.2) is 4.98 Å². The number of nitrogens with one attached hydrogen (secondary N) is 1. The van der Waals surface area contributed by atoms with Crippen LogP contribution in [-0.2, 0) is 4.79 Å². The van der Waals surface area contributed by atoms with E-state index in [0.29, 0.717) is 23.7 Å². The second-order valence-electron chi connectivity index (χ2n) is 6.28. The van der Waals surface area contributed by atoms with Gasteiger partial charge in [0.2, 0.25) is 5.91 Å². The number of carbonyl (C=O) groups is 1. The van der Waals surface area contributed by atoms with Crippen LogP contribution in [0.25, 0.3) is 0 Å². The van der Waals surface area contributed by atoms with Gasteiger partial charge in [0.15, 0.2) is 0 Å². The number of aromatic nitrogens is 1. The Kier molecular flexibility index (Phi) is 4.92. The van der Waals surface area contributed by atoms with Gasteiger partial charge in [-0.3, -0.25) is 4.79 Å². The molecule has 120 valence electrons.